The molecule has 3 heterocycles. The lowest BCUT2D eigenvalue weighted by Gasteiger charge is -2.31. The van der Waals surface area contributed by atoms with Gasteiger partial charge in [-0.25, -0.2) is 0 Å². The summed E-state index contributed by atoms with van der Waals surface area (Å²) in [7, 11) is 0. The van der Waals surface area contributed by atoms with E-state index in [4.69, 9.17) is 11.5 Å². The van der Waals surface area contributed by atoms with E-state index in [9.17, 15) is 35.9 Å². The van der Waals surface area contributed by atoms with Crippen LogP contribution >= 0.6 is 31.9 Å². The van der Waals surface area contributed by atoms with Crippen LogP contribution in [0.4, 0.5) is 37.7 Å². The van der Waals surface area contributed by atoms with E-state index < -0.39 is 34.6 Å². The zero-order valence-electron chi connectivity index (χ0n) is 27.3. The molecule has 7 rings (SSSR count). The summed E-state index contributed by atoms with van der Waals surface area (Å²) in [5, 5.41) is 0. The number of hydrogen-bond acceptors (Lipinski definition) is 6. The Morgan fingerprint density at radius 1 is 0.654 bits per heavy atom. The fraction of sp³-hybridized carbons (Fsp3) is 0.278. The molecule has 6 N–H and O–H groups in total. The maximum Gasteiger partial charge on any atom is 0.416 e. The summed E-state index contributed by atoms with van der Waals surface area (Å²) >= 11 is 7.01. The summed E-state index contributed by atoms with van der Waals surface area (Å²) in [6.07, 6.45) is -7.36. The molecule has 52 heavy (non-hydrogen) atoms. The number of nitrogen functional groups attached to an aromatic ring is 2. The molecule has 2 aliphatic rings. The highest BCUT2D eigenvalue weighted by atomic mass is 79.9. The van der Waals surface area contributed by atoms with Crippen LogP contribution in [0.15, 0.2) is 79.2 Å². The van der Waals surface area contributed by atoms with Crippen molar-refractivity contribution in [1.82, 2.24) is 19.8 Å². The molecule has 0 spiro atoms. The van der Waals surface area contributed by atoms with E-state index in [0.717, 1.165) is 56.3 Å². The maximum absolute atomic E-state index is 12.9. The van der Waals surface area contributed by atoms with Gasteiger partial charge in [0.05, 0.1) is 33.5 Å². The Balaban J connectivity index is 0.000000181. The molecule has 0 radical (unpaired) electrons. The van der Waals surface area contributed by atoms with Gasteiger partial charge >= 0.3 is 23.5 Å². The summed E-state index contributed by atoms with van der Waals surface area (Å²) in [6, 6.07) is 14.3. The lowest BCUT2D eigenvalue weighted by Crippen LogP contribution is -2.33. The van der Waals surface area contributed by atoms with Crippen LogP contribution in [0.5, 0.6) is 0 Å². The van der Waals surface area contributed by atoms with Crippen molar-refractivity contribution in [1.29, 1.82) is 0 Å². The second-order valence-corrected chi connectivity index (χ2v) is 14.5. The molecule has 0 atom stereocenters. The smallest absolute Gasteiger partial charge is 0.397 e. The Labute approximate surface area is 310 Å². The highest BCUT2D eigenvalue weighted by Crippen LogP contribution is 2.37. The number of anilines is 2. The molecule has 274 valence electrons. The van der Waals surface area contributed by atoms with E-state index in [1.54, 1.807) is 24.3 Å². The molecular weight excluding hydrogens is 822 g/mol. The highest BCUT2D eigenvalue weighted by Gasteiger charge is 2.32. The summed E-state index contributed by atoms with van der Waals surface area (Å²) < 4.78 is 79.0. The number of aromatic nitrogens is 2. The van der Waals surface area contributed by atoms with Gasteiger partial charge in [0.2, 0.25) is 0 Å². The van der Waals surface area contributed by atoms with Gasteiger partial charge < -0.3 is 21.4 Å². The Kier molecular flexibility index (Phi) is 10.7. The number of aromatic amines is 2. The fourth-order valence-corrected chi connectivity index (χ4v) is 7.85. The second kappa shape index (κ2) is 14.7. The number of nitrogens with zero attached hydrogens (tertiary/aromatic N) is 2. The summed E-state index contributed by atoms with van der Waals surface area (Å²) in [4.78, 5) is 32.6. The standard InChI is InChI=1S/C19H15BrF3N3O2.C17H17BrF3N3/c20-14-7-15-16(25-18(28)17(27)24-15)12-4-5-26(9-13(12)14)8-10-2-1-3-11(6-10)19(21,22)23;18-14-7-15(22)16(23)12-4-5-24(9-13(12)14)8-10-2-1-3-11(6-10)17(19,20)21/h1-3,6-7H,4-5,8-9H2,(H,24,27)(H,25,28);1-3,6-7H,4-5,8-9,22-23H2. The Morgan fingerprint density at radius 2 is 1.13 bits per heavy atom. The molecular formula is C36H32Br2F6N6O2. The molecule has 1 aromatic heterocycles. The molecule has 4 aromatic carbocycles. The van der Waals surface area contributed by atoms with Crippen molar-refractivity contribution >= 4 is 54.3 Å². The number of rotatable bonds is 4. The van der Waals surface area contributed by atoms with E-state index in [1.807, 2.05) is 0 Å². The molecule has 0 saturated heterocycles. The molecule has 0 saturated carbocycles. The number of halogens is 8. The van der Waals surface area contributed by atoms with Gasteiger partial charge in [-0.15, -0.1) is 0 Å². The number of alkyl halides is 6. The van der Waals surface area contributed by atoms with Crippen LogP contribution in [-0.2, 0) is 51.4 Å². The lowest BCUT2D eigenvalue weighted by molar-refractivity contribution is -0.138. The van der Waals surface area contributed by atoms with Crippen molar-refractivity contribution < 1.29 is 26.3 Å². The van der Waals surface area contributed by atoms with Gasteiger partial charge in [0.15, 0.2) is 0 Å². The Bertz CT molecular complexity index is 2270. The van der Waals surface area contributed by atoms with Gasteiger partial charge in [-0.3, -0.25) is 19.4 Å². The van der Waals surface area contributed by atoms with Crippen molar-refractivity contribution in [3.05, 3.63) is 135 Å². The summed E-state index contributed by atoms with van der Waals surface area (Å²) in [5.41, 5.74) is 16.7. The molecule has 0 unspecified atom stereocenters. The summed E-state index contributed by atoms with van der Waals surface area (Å²) in [6.45, 7) is 3.33. The predicted octanol–water partition coefficient (Wildman–Crippen LogP) is 7.75. The van der Waals surface area contributed by atoms with Crippen LogP contribution < -0.4 is 22.6 Å². The number of hydrogen-bond donors (Lipinski definition) is 4. The molecule has 0 fully saturated rings. The van der Waals surface area contributed by atoms with E-state index >= 15 is 0 Å². The zero-order chi connectivity index (χ0) is 37.5. The normalized spacial score (nSPS) is 15.2. The first-order valence-electron chi connectivity index (χ1n) is 16.1. The van der Waals surface area contributed by atoms with E-state index in [1.165, 1.54) is 24.3 Å². The van der Waals surface area contributed by atoms with Gasteiger partial charge in [-0.2, -0.15) is 26.3 Å². The quantitative estimate of drug-likeness (QED) is 0.0834. The van der Waals surface area contributed by atoms with Crippen molar-refractivity contribution in [2.24, 2.45) is 0 Å². The first-order chi connectivity index (χ1) is 24.5. The minimum absolute atomic E-state index is 0.385. The highest BCUT2D eigenvalue weighted by molar-refractivity contribution is 9.10. The lowest BCUT2D eigenvalue weighted by atomic mass is 9.96. The van der Waals surface area contributed by atoms with E-state index in [-0.39, 0.29) is 0 Å². The SMILES string of the molecule is Nc1cc(Br)c2c(c1N)CCN(Cc1cccc(C(F)(F)F)c1)C2.O=c1[nH]c2cc(Br)c3c(c2[nH]c1=O)CCN(Cc1cccc(C(F)(F)F)c1)C3. The minimum atomic E-state index is -4.37. The molecule has 8 nitrogen and oxygen atoms in total. The number of fused-ring (bicyclic) bond motifs is 4. The second-order valence-electron chi connectivity index (χ2n) is 12.8. The number of nitrogens with two attached hydrogens (primary N) is 2. The average molecular weight is 854 g/mol. The van der Waals surface area contributed by atoms with Crippen molar-refractivity contribution in [3.63, 3.8) is 0 Å². The van der Waals surface area contributed by atoms with Gasteiger partial charge in [0.1, 0.15) is 0 Å². The zero-order valence-corrected chi connectivity index (χ0v) is 30.5. The molecule has 5 aromatic rings. The van der Waals surface area contributed by atoms with E-state index in [2.05, 4.69) is 51.6 Å². The van der Waals surface area contributed by atoms with Crippen LogP contribution in [0.3, 0.4) is 0 Å². The third-order valence-electron chi connectivity index (χ3n) is 9.20. The molecule has 0 bridgehead atoms. The van der Waals surface area contributed by atoms with Crippen LogP contribution in [0.1, 0.15) is 44.5 Å². The Morgan fingerprint density at radius 3 is 1.67 bits per heavy atom. The first-order valence-corrected chi connectivity index (χ1v) is 17.6. The van der Waals surface area contributed by atoms with Gasteiger partial charge in [-0.1, -0.05) is 68.3 Å². The van der Waals surface area contributed by atoms with Crippen LogP contribution in [0.2, 0.25) is 0 Å². The first kappa shape index (κ1) is 37.6. The largest absolute Gasteiger partial charge is 0.416 e. The maximum atomic E-state index is 12.9. The Hall–Kier alpha value is -4.12. The van der Waals surface area contributed by atoms with E-state index in [0.29, 0.717) is 72.7 Å². The van der Waals surface area contributed by atoms with Crippen molar-refractivity contribution in [2.45, 2.75) is 51.4 Å². The van der Waals surface area contributed by atoms with Gasteiger partial charge in [-0.05, 0) is 70.5 Å². The topological polar surface area (TPSA) is 124 Å². The molecule has 16 heteroatoms. The predicted molar refractivity (Wildman–Crippen MR) is 194 cm³/mol. The fourth-order valence-electron chi connectivity index (χ4n) is 6.64. The van der Waals surface area contributed by atoms with Crippen LogP contribution in [0.25, 0.3) is 11.0 Å². The van der Waals surface area contributed by atoms with Crippen molar-refractivity contribution in [2.75, 3.05) is 24.6 Å². The molecule has 0 aliphatic carbocycles. The van der Waals surface area contributed by atoms with Crippen LogP contribution in [0, 0.1) is 0 Å². The number of nitrogens with one attached hydrogen (secondary N) is 2. The average Bonchev–Trinajstić information content (AvgIpc) is 3.08. The van der Waals surface area contributed by atoms with Gasteiger partial charge in [0, 0.05) is 48.2 Å². The number of benzene rings is 4. The molecule has 0 amide bonds. The summed E-state index contributed by atoms with van der Waals surface area (Å²) in [5.74, 6) is 0. The minimum Gasteiger partial charge on any atom is -0.397 e. The third-order valence-corrected chi connectivity index (χ3v) is 10.6. The number of H-pyrrole nitrogens is 2. The van der Waals surface area contributed by atoms with Crippen LogP contribution in [-0.4, -0.2) is 32.9 Å². The third kappa shape index (κ3) is 8.24. The molecule has 2 aliphatic heterocycles. The van der Waals surface area contributed by atoms with Crippen molar-refractivity contribution in [3.8, 4) is 0 Å². The van der Waals surface area contributed by atoms with Gasteiger partial charge in [0.25, 0.3) is 0 Å². The monoisotopic (exact) mass is 852 g/mol.